The monoisotopic (exact) mass is 322 g/mol. The average molecular weight is 322 g/mol. The van der Waals surface area contributed by atoms with Crippen molar-refractivity contribution in [2.45, 2.75) is 34.1 Å². The maximum Gasteiger partial charge on any atom is 0.338 e. The number of carbonyl (C=O) groups excluding carboxylic acids is 2. The number of amides is 1. The van der Waals surface area contributed by atoms with Gasteiger partial charge in [-0.2, -0.15) is 0 Å². The Hall–Kier alpha value is -1.95. The maximum absolute atomic E-state index is 11.8. The average Bonchev–Trinajstić information content (AvgIpc) is 2.36. The summed E-state index contributed by atoms with van der Waals surface area (Å²) in [7, 11) is 0. The lowest BCUT2D eigenvalue weighted by Gasteiger charge is -2.18. The Labute approximate surface area is 136 Å². The Morgan fingerprint density at radius 2 is 1.95 bits per heavy atom. The Balaban J connectivity index is 2.63. The van der Waals surface area contributed by atoms with Gasteiger partial charge in [-0.05, 0) is 42.8 Å². The van der Waals surface area contributed by atoms with Crippen LogP contribution < -0.4 is 10.6 Å². The van der Waals surface area contributed by atoms with Gasteiger partial charge in [-0.3, -0.25) is 4.79 Å². The van der Waals surface area contributed by atoms with Crippen molar-refractivity contribution in [3.63, 3.8) is 0 Å². The number of esters is 1. The number of ether oxygens (including phenoxy) is 1. The topological polar surface area (TPSA) is 67.4 Å². The van der Waals surface area contributed by atoms with Gasteiger partial charge in [0.15, 0.2) is 5.11 Å². The summed E-state index contributed by atoms with van der Waals surface area (Å²) in [5.74, 6) is -0.541. The zero-order valence-corrected chi connectivity index (χ0v) is 14.2. The molecule has 0 aliphatic carbocycles. The largest absolute Gasteiger partial charge is 0.462 e. The van der Waals surface area contributed by atoms with Crippen molar-refractivity contribution in [2.75, 3.05) is 11.9 Å². The van der Waals surface area contributed by atoms with Crippen LogP contribution in [-0.4, -0.2) is 23.6 Å². The standard InChI is InChI=1S/C16H22N2O3S/c1-5-21-14(20)11-7-6-8-12(9-11)17-15(22)18-13(19)10-16(2,3)4/h6-9H,5,10H2,1-4H3,(H2,17,18,19,22). The minimum Gasteiger partial charge on any atom is -0.462 e. The lowest BCUT2D eigenvalue weighted by atomic mass is 9.92. The first-order valence-corrected chi connectivity index (χ1v) is 7.50. The fourth-order valence-corrected chi connectivity index (χ4v) is 1.98. The van der Waals surface area contributed by atoms with Crippen LogP contribution in [0, 0.1) is 5.41 Å². The number of anilines is 1. The van der Waals surface area contributed by atoms with E-state index >= 15 is 0 Å². The van der Waals surface area contributed by atoms with E-state index in [4.69, 9.17) is 17.0 Å². The molecule has 0 aliphatic heterocycles. The molecule has 0 bridgehead atoms. The third-order valence-corrected chi connectivity index (χ3v) is 2.78. The van der Waals surface area contributed by atoms with E-state index in [0.717, 1.165) is 0 Å². The highest BCUT2D eigenvalue weighted by molar-refractivity contribution is 7.80. The predicted molar refractivity (Wildman–Crippen MR) is 90.8 cm³/mol. The lowest BCUT2D eigenvalue weighted by Crippen LogP contribution is -2.36. The molecule has 120 valence electrons. The van der Waals surface area contributed by atoms with Crippen molar-refractivity contribution >= 4 is 34.9 Å². The minimum atomic E-state index is -0.395. The molecule has 0 saturated heterocycles. The summed E-state index contributed by atoms with van der Waals surface area (Å²) in [6.07, 6.45) is 0.373. The molecule has 6 heteroatoms. The summed E-state index contributed by atoms with van der Waals surface area (Å²) in [4.78, 5) is 23.5. The molecule has 0 aromatic heterocycles. The van der Waals surface area contributed by atoms with Crippen LogP contribution in [0.3, 0.4) is 0 Å². The van der Waals surface area contributed by atoms with E-state index in [2.05, 4.69) is 10.6 Å². The zero-order chi connectivity index (χ0) is 16.8. The molecule has 0 heterocycles. The van der Waals surface area contributed by atoms with Gasteiger partial charge in [0.05, 0.1) is 12.2 Å². The normalized spacial score (nSPS) is 10.7. The van der Waals surface area contributed by atoms with Crippen LogP contribution >= 0.6 is 12.2 Å². The van der Waals surface area contributed by atoms with Crippen molar-refractivity contribution in [1.29, 1.82) is 0 Å². The quantitative estimate of drug-likeness (QED) is 0.658. The Morgan fingerprint density at radius 3 is 2.55 bits per heavy atom. The number of thiocarbonyl (C=S) groups is 1. The molecule has 0 saturated carbocycles. The molecule has 2 N–H and O–H groups in total. The van der Waals surface area contributed by atoms with E-state index < -0.39 is 5.97 Å². The SMILES string of the molecule is CCOC(=O)c1cccc(NC(=S)NC(=O)CC(C)(C)C)c1. The second-order valence-electron chi connectivity index (χ2n) is 6.04. The predicted octanol–water partition coefficient (Wildman–Crippen LogP) is 3.11. The summed E-state index contributed by atoms with van der Waals surface area (Å²) in [5, 5.41) is 5.72. The van der Waals surface area contributed by atoms with Crippen molar-refractivity contribution in [1.82, 2.24) is 5.32 Å². The molecule has 0 fully saturated rings. The number of nitrogens with one attached hydrogen (secondary N) is 2. The molecule has 0 spiro atoms. The third kappa shape index (κ3) is 6.67. The zero-order valence-electron chi connectivity index (χ0n) is 13.4. The van der Waals surface area contributed by atoms with E-state index in [1.807, 2.05) is 20.8 Å². The van der Waals surface area contributed by atoms with Crippen LogP contribution in [0.2, 0.25) is 0 Å². The van der Waals surface area contributed by atoms with E-state index in [1.54, 1.807) is 31.2 Å². The van der Waals surface area contributed by atoms with Gasteiger partial charge in [-0.1, -0.05) is 26.8 Å². The van der Waals surface area contributed by atoms with Crippen molar-refractivity contribution in [3.05, 3.63) is 29.8 Å². The highest BCUT2D eigenvalue weighted by Gasteiger charge is 2.16. The second kappa shape index (κ2) is 7.89. The van der Waals surface area contributed by atoms with Crippen molar-refractivity contribution in [3.8, 4) is 0 Å². The second-order valence-corrected chi connectivity index (χ2v) is 6.45. The van der Waals surface area contributed by atoms with Gasteiger partial charge in [0.2, 0.25) is 5.91 Å². The molecule has 0 unspecified atom stereocenters. The van der Waals surface area contributed by atoms with Crippen LogP contribution in [0.4, 0.5) is 5.69 Å². The number of rotatable bonds is 4. The summed E-state index contributed by atoms with van der Waals surface area (Å²) in [6.45, 7) is 8.00. The molecular formula is C16H22N2O3S. The first kappa shape index (κ1) is 18.1. The van der Waals surface area contributed by atoms with Gasteiger partial charge in [0.25, 0.3) is 0 Å². The van der Waals surface area contributed by atoms with Crippen LogP contribution in [0.1, 0.15) is 44.5 Å². The molecule has 0 radical (unpaired) electrons. The smallest absolute Gasteiger partial charge is 0.338 e. The highest BCUT2D eigenvalue weighted by Crippen LogP contribution is 2.18. The van der Waals surface area contributed by atoms with E-state index in [0.29, 0.717) is 24.3 Å². The number of hydrogen-bond donors (Lipinski definition) is 2. The summed E-state index contributed by atoms with van der Waals surface area (Å²) in [6, 6.07) is 6.75. The van der Waals surface area contributed by atoms with Crippen LogP contribution in [0.25, 0.3) is 0 Å². The molecular weight excluding hydrogens is 300 g/mol. The van der Waals surface area contributed by atoms with E-state index in [9.17, 15) is 9.59 Å². The number of carbonyl (C=O) groups is 2. The van der Waals surface area contributed by atoms with Gasteiger partial charge >= 0.3 is 5.97 Å². The maximum atomic E-state index is 11.8. The Morgan fingerprint density at radius 1 is 1.27 bits per heavy atom. The number of benzene rings is 1. The van der Waals surface area contributed by atoms with Gasteiger partial charge in [-0.25, -0.2) is 4.79 Å². The van der Waals surface area contributed by atoms with Gasteiger partial charge in [0.1, 0.15) is 0 Å². The molecule has 1 amide bonds. The van der Waals surface area contributed by atoms with Gasteiger partial charge in [-0.15, -0.1) is 0 Å². The molecule has 0 atom stereocenters. The lowest BCUT2D eigenvalue weighted by molar-refractivity contribution is -0.121. The Bertz CT molecular complexity index is 565. The van der Waals surface area contributed by atoms with Crippen LogP contribution in [0.5, 0.6) is 0 Å². The fourth-order valence-electron chi connectivity index (χ4n) is 1.75. The molecule has 22 heavy (non-hydrogen) atoms. The Kier molecular flexibility index (Phi) is 6.49. The first-order chi connectivity index (χ1) is 10.2. The van der Waals surface area contributed by atoms with Crippen molar-refractivity contribution in [2.24, 2.45) is 5.41 Å². The third-order valence-electron chi connectivity index (χ3n) is 2.58. The summed E-state index contributed by atoms with van der Waals surface area (Å²) < 4.78 is 4.94. The fraction of sp³-hybridized carbons (Fsp3) is 0.438. The van der Waals surface area contributed by atoms with E-state index in [1.165, 1.54) is 0 Å². The van der Waals surface area contributed by atoms with Crippen molar-refractivity contribution < 1.29 is 14.3 Å². The molecule has 5 nitrogen and oxygen atoms in total. The molecule has 1 aromatic rings. The van der Waals surface area contributed by atoms with Crippen LogP contribution in [-0.2, 0) is 9.53 Å². The summed E-state index contributed by atoms with van der Waals surface area (Å²) in [5.41, 5.74) is 0.936. The van der Waals surface area contributed by atoms with Gasteiger partial charge < -0.3 is 15.4 Å². The molecule has 0 aliphatic rings. The molecule has 1 aromatic carbocycles. The first-order valence-electron chi connectivity index (χ1n) is 7.09. The highest BCUT2D eigenvalue weighted by atomic mass is 32.1. The number of hydrogen-bond acceptors (Lipinski definition) is 4. The van der Waals surface area contributed by atoms with Crippen LogP contribution in [0.15, 0.2) is 24.3 Å². The molecule has 1 rings (SSSR count). The minimum absolute atomic E-state index is 0.108. The van der Waals surface area contributed by atoms with E-state index in [-0.39, 0.29) is 16.4 Å². The summed E-state index contributed by atoms with van der Waals surface area (Å²) >= 11 is 5.10. The van der Waals surface area contributed by atoms with Gasteiger partial charge in [0, 0.05) is 12.1 Å².